The summed E-state index contributed by atoms with van der Waals surface area (Å²) in [5.41, 5.74) is -2.91. The van der Waals surface area contributed by atoms with Crippen LogP contribution in [-0.2, 0) is 21.8 Å². The van der Waals surface area contributed by atoms with Crippen molar-refractivity contribution in [3.8, 4) is 0 Å². The molecule has 1 aliphatic heterocycles. The van der Waals surface area contributed by atoms with Crippen molar-refractivity contribution in [2.75, 3.05) is 13.2 Å². The Morgan fingerprint density at radius 1 is 1.00 bits per heavy atom. The van der Waals surface area contributed by atoms with Gasteiger partial charge in [-0.05, 0) is 35.9 Å². The van der Waals surface area contributed by atoms with Crippen molar-refractivity contribution in [2.24, 2.45) is 0 Å². The predicted molar refractivity (Wildman–Crippen MR) is 93.4 cm³/mol. The summed E-state index contributed by atoms with van der Waals surface area (Å²) >= 11 is 0. The third kappa shape index (κ3) is 4.93. The molecule has 0 radical (unpaired) electrons. The Hall–Kier alpha value is -2.59. The molecule has 2 atom stereocenters. The third-order valence-corrected chi connectivity index (χ3v) is 4.46. The van der Waals surface area contributed by atoms with E-state index >= 15 is 0 Å². The van der Waals surface area contributed by atoms with Crippen LogP contribution in [-0.4, -0.2) is 19.4 Å². The molecule has 0 spiro atoms. The number of morpholine rings is 1. The van der Waals surface area contributed by atoms with Crippen molar-refractivity contribution in [2.45, 2.75) is 24.7 Å². The minimum absolute atomic E-state index is 0.143. The van der Waals surface area contributed by atoms with Gasteiger partial charge in [-0.15, -0.1) is 0 Å². The largest absolute Gasteiger partial charge is 0.463 e. The molecular weight excluding hydrogens is 419 g/mol. The maximum Gasteiger partial charge on any atom is 0.417 e. The van der Waals surface area contributed by atoms with Gasteiger partial charge in [0.1, 0.15) is 11.6 Å². The number of rotatable bonds is 4. The fourth-order valence-corrected chi connectivity index (χ4v) is 3.03. The standard InChI is InChI=1S/C20H16F7NO2/c1-11(15-10-13(19(22,23)24)4-7-16(15)20(25,26)27)30-18-17(28-8-9-29-18)12-2-5-14(21)6-3-12/h2-7,10,17-18,28H,1,8-9H2/t17-,18+/m0/s1. The molecule has 3 rings (SSSR count). The van der Waals surface area contributed by atoms with E-state index in [1.807, 2.05) is 0 Å². The van der Waals surface area contributed by atoms with Gasteiger partial charge in [0.2, 0.25) is 6.29 Å². The van der Waals surface area contributed by atoms with Crippen LogP contribution in [0.4, 0.5) is 30.7 Å². The Morgan fingerprint density at radius 3 is 2.27 bits per heavy atom. The highest BCUT2D eigenvalue weighted by Crippen LogP contribution is 2.39. The molecule has 0 aliphatic carbocycles. The third-order valence-electron chi connectivity index (χ3n) is 4.46. The first kappa shape index (κ1) is 22.1. The van der Waals surface area contributed by atoms with Crippen LogP contribution in [0.1, 0.15) is 28.3 Å². The Labute approximate surface area is 167 Å². The summed E-state index contributed by atoms with van der Waals surface area (Å²) in [5, 5.41) is 3.03. The topological polar surface area (TPSA) is 30.5 Å². The predicted octanol–water partition coefficient (Wildman–Crippen LogP) is 5.54. The van der Waals surface area contributed by atoms with Gasteiger partial charge in [0.25, 0.3) is 0 Å². The smallest absolute Gasteiger partial charge is 0.417 e. The Morgan fingerprint density at radius 2 is 1.67 bits per heavy atom. The van der Waals surface area contributed by atoms with E-state index < -0.39 is 53.0 Å². The lowest BCUT2D eigenvalue weighted by molar-refractivity contribution is -0.144. The molecule has 1 saturated heterocycles. The van der Waals surface area contributed by atoms with E-state index in [0.717, 1.165) is 0 Å². The molecule has 3 nitrogen and oxygen atoms in total. The average Bonchev–Trinajstić information content (AvgIpc) is 2.67. The van der Waals surface area contributed by atoms with Crippen LogP contribution in [0.15, 0.2) is 49.0 Å². The van der Waals surface area contributed by atoms with Gasteiger partial charge in [-0.1, -0.05) is 18.7 Å². The Balaban J connectivity index is 1.92. The molecule has 0 amide bonds. The molecule has 0 unspecified atom stereocenters. The molecular formula is C20H16F7NO2. The second kappa shape index (κ2) is 8.27. The molecule has 1 fully saturated rings. The Kier molecular flexibility index (Phi) is 6.09. The van der Waals surface area contributed by atoms with Crippen LogP contribution in [0.5, 0.6) is 0 Å². The van der Waals surface area contributed by atoms with Crippen LogP contribution in [0.3, 0.4) is 0 Å². The van der Waals surface area contributed by atoms with Crippen molar-refractivity contribution in [3.05, 3.63) is 77.1 Å². The first-order valence-electron chi connectivity index (χ1n) is 8.71. The zero-order valence-corrected chi connectivity index (χ0v) is 15.3. The van der Waals surface area contributed by atoms with Crippen LogP contribution < -0.4 is 5.32 Å². The minimum Gasteiger partial charge on any atom is -0.463 e. The number of benzene rings is 2. The zero-order chi connectivity index (χ0) is 22.1. The first-order chi connectivity index (χ1) is 14.0. The van der Waals surface area contributed by atoms with Gasteiger partial charge in [0.15, 0.2) is 0 Å². The molecule has 2 aromatic rings. The van der Waals surface area contributed by atoms with E-state index in [2.05, 4.69) is 11.9 Å². The summed E-state index contributed by atoms with van der Waals surface area (Å²) in [7, 11) is 0. The summed E-state index contributed by atoms with van der Waals surface area (Å²) in [6.45, 7) is 3.93. The van der Waals surface area contributed by atoms with E-state index in [4.69, 9.17) is 9.47 Å². The van der Waals surface area contributed by atoms with Gasteiger partial charge in [0, 0.05) is 12.1 Å². The quantitative estimate of drug-likeness (QED) is 0.506. The van der Waals surface area contributed by atoms with E-state index in [1.54, 1.807) is 0 Å². The summed E-state index contributed by atoms with van der Waals surface area (Å²) in [4.78, 5) is 0. The molecule has 162 valence electrons. The number of alkyl halides is 6. The molecule has 2 aromatic carbocycles. The minimum atomic E-state index is -4.92. The van der Waals surface area contributed by atoms with Gasteiger partial charge in [-0.25, -0.2) is 4.39 Å². The normalized spacial score (nSPS) is 20.1. The van der Waals surface area contributed by atoms with Crippen LogP contribution in [0.2, 0.25) is 0 Å². The SMILES string of the molecule is C=C(O[C@H]1OCCN[C@H]1c1ccc(F)cc1)c1cc(C(F)(F)F)ccc1C(F)(F)F. The summed E-state index contributed by atoms with van der Waals surface area (Å²) in [6.07, 6.45) is -11.0. The number of hydrogen-bond acceptors (Lipinski definition) is 3. The number of nitrogens with one attached hydrogen (secondary N) is 1. The molecule has 1 aliphatic rings. The van der Waals surface area contributed by atoms with Crippen molar-refractivity contribution >= 4 is 5.76 Å². The number of ether oxygens (including phenoxy) is 2. The van der Waals surface area contributed by atoms with E-state index in [0.29, 0.717) is 30.3 Å². The maximum absolute atomic E-state index is 13.3. The highest BCUT2D eigenvalue weighted by molar-refractivity contribution is 5.63. The molecule has 0 bridgehead atoms. The summed E-state index contributed by atoms with van der Waals surface area (Å²) < 4.78 is 103. The molecule has 30 heavy (non-hydrogen) atoms. The average molecular weight is 435 g/mol. The second-order valence-corrected chi connectivity index (χ2v) is 6.52. The lowest BCUT2D eigenvalue weighted by atomic mass is 10.0. The van der Waals surface area contributed by atoms with Gasteiger partial charge < -0.3 is 14.8 Å². The van der Waals surface area contributed by atoms with Gasteiger partial charge in [0.05, 0.1) is 23.8 Å². The molecule has 1 N–H and O–H groups in total. The van der Waals surface area contributed by atoms with Crippen molar-refractivity contribution in [1.82, 2.24) is 5.32 Å². The van der Waals surface area contributed by atoms with Crippen molar-refractivity contribution in [3.63, 3.8) is 0 Å². The lowest BCUT2D eigenvalue weighted by Gasteiger charge is -2.34. The van der Waals surface area contributed by atoms with E-state index in [1.165, 1.54) is 24.3 Å². The molecule has 0 aromatic heterocycles. The molecule has 1 heterocycles. The number of halogens is 7. The second-order valence-electron chi connectivity index (χ2n) is 6.52. The van der Waals surface area contributed by atoms with E-state index in [-0.39, 0.29) is 6.61 Å². The fraction of sp³-hybridized carbons (Fsp3) is 0.300. The Bertz CT molecular complexity index is 907. The van der Waals surface area contributed by atoms with Crippen molar-refractivity contribution in [1.29, 1.82) is 0 Å². The van der Waals surface area contributed by atoms with Crippen molar-refractivity contribution < 1.29 is 40.2 Å². The van der Waals surface area contributed by atoms with Crippen LogP contribution in [0, 0.1) is 5.82 Å². The maximum atomic E-state index is 13.3. The van der Waals surface area contributed by atoms with Crippen LogP contribution in [0.25, 0.3) is 5.76 Å². The van der Waals surface area contributed by atoms with Gasteiger partial charge >= 0.3 is 12.4 Å². The monoisotopic (exact) mass is 435 g/mol. The number of hydrogen-bond donors (Lipinski definition) is 1. The fourth-order valence-electron chi connectivity index (χ4n) is 3.03. The summed E-state index contributed by atoms with van der Waals surface area (Å²) in [5.74, 6) is -1.12. The van der Waals surface area contributed by atoms with E-state index in [9.17, 15) is 30.7 Å². The zero-order valence-electron chi connectivity index (χ0n) is 15.3. The van der Waals surface area contributed by atoms with Gasteiger partial charge in [-0.2, -0.15) is 26.3 Å². The van der Waals surface area contributed by atoms with Gasteiger partial charge in [-0.3, -0.25) is 0 Å². The van der Waals surface area contributed by atoms with Crippen LogP contribution >= 0.6 is 0 Å². The molecule has 10 heteroatoms. The first-order valence-corrected chi connectivity index (χ1v) is 8.71. The lowest BCUT2D eigenvalue weighted by Crippen LogP contribution is -2.43. The highest BCUT2D eigenvalue weighted by atomic mass is 19.4. The molecule has 0 saturated carbocycles. The highest BCUT2D eigenvalue weighted by Gasteiger charge is 2.39. The summed E-state index contributed by atoms with van der Waals surface area (Å²) in [6, 6.07) is 5.57.